The lowest BCUT2D eigenvalue weighted by molar-refractivity contribution is -0.118. The molecule has 4 aromatic rings. The molecule has 0 unspecified atom stereocenters. The van der Waals surface area contributed by atoms with Crippen molar-refractivity contribution < 1.29 is 9.53 Å². The number of carbonyl (C=O) groups is 1. The number of benzene rings is 2. The Morgan fingerprint density at radius 3 is 2.79 bits per heavy atom. The van der Waals surface area contributed by atoms with Gasteiger partial charge in [0.2, 0.25) is 11.1 Å². The molecular formula is C20H19N5O2S. The van der Waals surface area contributed by atoms with E-state index in [9.17, 15) is 4.79 Å². The standard InChI is InChI=1S/C20H19N5O2S/c1-25-15-9-5-4-8-14(15)18-19(25)22-20(24-23-18)28-12-17(26)21-11-13-7-3-6-10-16(13)27-2/h3-10H,11-12H2,1-2H3,(H,21,26). The average Bonchev–Trinajstić information content (AvgIpc) is 3.03. The maximum absolute atomic E-state index is 12.2. The summed E-state index contributed by atoms with van der Waals surface area (Å²) in [5.41, 5.74) is 3.50. The SMILES string of the molecule is COc1ccccc1CNC(=O)CSc1nnc2c3ccccc3n(C)c2n1. The molecule has 0 fully saturated rings. The number of para-hydroxylation sites is 2. The number of hydrogen-bond donors (Lipinski definition) is 1. The second-order valence-electron chi connectivity index (χ2n) is 6.22. The van der Waals surface area contributed by atoms with Gasteiger partial charge in [-0.25, -0.2) is 4.98 Å². The molecule has 2 aromatic heterocycles. The van der Waals surface area contributed by atoms with Crippen molar-refractivity contribution in [2.24, 2.45) is 7.05 Å². The zero-order valence-corrected chi connectivity index (χ0v) is 16.4. The summed E-state index contributed by atoms with van der Waals surface area (Å²) >= 11 is 1.27. The minimum atomic E-state index is -0.100. The Labute approximate surface area is 166 Å². The molecule has 2 heterocycles. The molecule has 1 N–H and O–H groups in total. The van der Waals surface area contributed by atoms with Crippen LogP contribution in [0.5, 0.6) is 5.75 Å². The van der Waals surface area contributed by atoms with Crippen molar-refractivity contribution in [3.63, 3.8) is 0 Å². The van der Waals surface area contributed by atoms with Gasteiger partial charge >= 0.3 is 0 Å². The fourth-order valence-electron chi connectivity index (χ4n) is 3.08. The van der Waals surface area contributed by atoms with Gasteiger partial charge in [0.05, 0.1) is 18.4 Å². The van der Waals surface area contributed by atoms with Gasteiger partial charge in [-0.3, -0.25) is 4.79 Å². The lowest BCUT2D eigenvalue weighted by atomic mass is 10.2. The predicted molar refractivity (Wildman–Crippen MR) is 109 cm³/mol. The molecule has 0 aliphatic rings. The van der Waals surface area contributed by atoms with Crippen LogP contribution in [0.25, 0.3) is 22.1 Å². The van der Waals surface area contributed by atoms with E-state index < -0.39 is 0 Å². The first-order valence-electron chi connectivity index (χ1n) is 8.76. The number of methoxy groups -OCH3 is 1. The second kappa shape index (κ2) is 7.85. The molecule has 0 saturated heterocycles. The Hall–Kier alpha value is -3.13. The molecule has 0 aliphatic heterocycles. The van der Waals surface area contributed by atoms with E-state index in [1.54, 1.807) is 7.11 Å². The van der Waals surface area contributed by atoms with Gasteiger partial charge in [0.15, 0.2) is 5.65 Å². The van der Waals surface area contributed by atoms with Crippen LogP contribution in [0.15, 0.2) is 53.7 Å². The van der Waals surface area contributed by atoms with Gasteiger partial charge in [-0.1, -0.05) is 48.2 Å². The number of aromatic nitrogens is 4. The van der Waals surface area contributed by atoms with E-state index in [1.165, 1.54) is 11.8 Å². The number of rotatable bonds is 6. The fraction of sp³-hybridized carbons (Fsp3) is 0.200. The molecule has 0 saturated carbocycles. The minimum Gasteiger partial charge on any atom is -0.496 e. The Morgan fingerprint density at radius 2 is 1.93 bits per heavy atom. The van der Waals surface area contributed by atoms with Gasteiger partial charge in [0.25, 0.3) is 0 Å². The van der Waals surface area contributed by atoms with Crippen molar-refractivity contribution >= 4 is 39.7 Å². The van der Waals surface area contributed by atoms with Crippen LogP contribution in [0.1, 0.15) is 5.56 Å². The summed E-state index contributed by atoms with van der Waals surface area (Å²) in [6.07, 6.45) is 0. The maximum atomic E-state index is 12.2. The number of ether oxygens (including phenoxy) is 1. The normalized spacial score (nSPS) is 11.1. The number of nitrogens with one attached hydrogen (secondary N) is 1. The largest absolute Gasteiger partial charge is 0.496 e. The van der Waals surface area contributed by atoms with E-state index in [4.69, 9.17) is 4.74 Å². The van der Waals surface area contributed by atoms with E-state index in [-0.39, 0.29) is 11.7 Å². The highest BCUT2D eigenvalue weighted by Crippen LogP contribution is 2.25. The first-order chi connectivity index (χ1) is 13.7. The topological polar surface area (TPSA) is 81.9 Å². The molecule has 0 aliphatic carbocycles. The number of nitrogens with zero attached hydrogens (tertiary/aromatic N) is 4. The van der Waals surface area contributed by atoms with Crippen LogP contribution in [0.4, 0.5) is 0 Å². The first kappa shape index (κ1) is 18.2. The monoisotopic (exact) mass is 393 g/mol. The highest BCUT2D eigenvalue weighted by Gasteiger charge is 2.13. The Kier molecular flexibility index (Phi) is 5.12. The molecule has 4 rings (SSSR count). The van der Waals surface area contributed by atoms with E-state index >= 15 is 0 Å². The van der Waals surface area contributed by atoms with E-state index in [2.05, 4.69) is 20.5 Å². The summed E-state index contributed by atoms with van der Waals surface area (Å²) in [4.78, 5) is 16.8. The van der Waals surface area contributed by atoms with Crippen molar-refractivity contribution in [2.75, 3.05) is 12.9 Å². The zero-order chi connectivity index (χ0) is 19.5. The number of fused-ring (bicyclic) bond motifs is 3. The van der Waals surface area contributed by atoms with Crippen LogP contribution in [-0.2, 0) is 18.4 Å². The molecule has 7 nitrogen and oxygen atoms in total. The Balaban J connectivity index is 1.43. The van der Waals surface area contributed by atoms with Crippen molar-refractivity contribution in [3.05, 3.63) is 54.1 Å². The summed E-state index contributed by atoms with van der Waals surface area (Å²) in [5.74, 6) is 0.868. The molecule has 2 aromatic carbocycles. The zero-order valence-electron chi connectivity index (χ0n) is 15.5. The van der Waals surface area contributed by atoms with Crippen LogP contribution >= 0.6 is 11.8 Å². The number of amides is 1. The first-order valence-corrected chi connectivity index (χ1v) is 9.75. The molecule has 8 heteroatoms. The van der Waals surface area contributed by atoms with Gasteiger partial charge < -0.3 is 14.6 Å². The van der Waals surface area contributed by atoms with Crippen molar-refractivity contribution in [1.82, 2.24) is 25.1 Å². The summed E-state index contributed by atoms with van der Waals surface area (Å²) < 4.78 is 7.29. The molecule has 28 heavy (non-hydrogen) atoms. The molecule has 142 valence electrons. The number of carbonyl (C=O) groups excluding carboxylic acids is 1. The Morgan fingerprint density at radius 1 is 1.14 bits per heavy atom. The Bertz CT molecular complexity index is 1160. The van der Waals surface area contributed by atoms with Gasteiger partial charge in [0.1, 0.15) is 11.3 Å². The lowest BCUT2D eigenvalue weighted by Crippen LogP contribution is -2.24. The molecule has 0 spiro atoms. The van der Waals surface area contributed by atoms with Gasteiger partial charge in [-0.15, -0.1) is 10.2 Å². The van der Waals surface area contributed by atoms with E-state index in [0.29, 0.717) is 11.7 Å². The van der Waals surface area contributed by atoms with Crippen LogP contribution in [-0.4, -0.2) is 38.5 Å². The predicted octanol–water partition coefficient (Wildman–Crippen LogP) is 2.93. The minimum absolute atomic E-state index is 0.100. The van der Waals surface area contributed by atoms with Crippen molar-refractivity contribution in [2.45, 2.75) is 11.7 Å². The summed E-state index contributed by atoms with van der Waals surface area (Å²) in [6, 6.07) is 15.6. The van der Waals surface area contributed by atoms with E-state index in [1.807, 2.05) is 60.1 Å². The van der Waals surface area contributed by atoms with Crippen molar-refractivity contribution in [3.8, 4) is 5.75 Å². The van der Waals surface area contributed by atoms with Gasteiger partial charge in [-0.2, -0.15) is 0 Å². The number of thioether (sulfide) groups is 1. The smallest absolute Gasteiger partial charge is 0.230 e. The average molecular weight is 393 g/mol. The van der Waals surface area contributed by atoms with Gasteiger partial charge in [0, 0.05) is 24.5 Å². The van der Waals surface area contributed by atoms with Crippen LogP contribution in [0.3, 0.4) is 0 Å². The van der Waals surface area contributed by atoms with Crippen LogP contribution < -0.4 is 10.1 Å². The van der Waals surface area contributed by atoms with Crippen LogP contribution in [0.2, 0.25) is 0 Å². The third-order valence-electron chi connectivity index (χ3n) is 4.49. The summed E-state index contributed by atoms with van der Waals surface area (Å²) in [7, 11) is 3.57. The third-order valence-corrected chi connectivity index (χ3v) is 5.33. The highest BCUT2D eigenvalue weighted by molar-refractivity contribution is 7.99. The summed E-state index contributed by atoms with van der Waals surface area (Å²) in [6.45, 7) is 0.407. The summed E-state index contributed by atoms with van der Waals surface area (Å²) in [5, 5.41) is 12.9. The van der Waals surface area contributed by atoms with E-state index in [0.717, 1.165) is 33.4 Å². The van der Waals surface area contributed by atoms with Gasteiger partial charge in [-0.05, 0) is 12.1 Å². The lowest BCUT2D eigenvalue weighted by Gasteiger charge is -2.09. The maximum Gasteiger partial charge on any atom is 0.230 e. The third kappa shape index (κ3) is 3.50. The molecule has 1 amide bonds. The van der Waals surface area contributed by atoms with Crippen molar-refractivity contribution in [1.29, 1.82) is 0 Å². The fourth-order valence-corrected chi connectivity index (χ4v) is 3.69. The van der Waals surface area contributed by atoms with Crippen LogP contribution in [0, 0.1) is 0 Å². The molecule has 0 bridgehead atoms. The second-order valence-corrected chi connectivity index (χ2v) is 7.16. The quantitative estimate of drug-likeness (QED) is 0.507. The molecule has 0 atom stereocenters. The molecular weight excluding hydrogens is 374 g/mol. The number of hydrogen-bond acceptors (Lipinski definition) is 6. The molecule has 0 radical (unpaired) electrons. The number of aryl methyl sites for hydroxylation is 1. The highest BCUT2D eigenvalue weighted by atomic mass is 32.2.